The largest absolute Gasteiger partial charge is 0.508 e. The van der Waals surface area contributed by atoms with Gasteiger partial charge in [0.2, 0.25) is 0 Å². The molecule has 4 nitrogen and oxygen atoms in total. The fourth-order valence-electron chi connectivity index (χ4n) is 3.64. The van der Waals surface area contributed by atoms with Gasteiger partial charge in [0.05, 0.1) is 5.56 Å². The Balaban J connectivity index is 1.72. The van der Waals surface area contributed by atoms with Crippen molar-refractivity contribution in [3.8, 4) is 5.75 Å². The first-order valence-corrected chi connectivity index (χ1v) is 12.6. The van der Waals surface area contributed by atoms with Crippen molar-refractivity contribution >= 4 is 22.8 Å². The molecule has 4 aromatic carbocycles. The number of rotatable bonds is 6. The molecule has 4 aromatic rings. The topological polar surface area (TPSA) is 52.9 Å². The molecule has 194 valence electrons. The molecule has 0 aliphatic heterocycles. The van der Waals surface area contributed by atoms with Crippen molar-refractivity contribution in [3.63, 3.8) is 0 Å². The van der Waals surface area contributed by atoms with Gasteiger partial charge in [0.25, 0.3) is 5.91 Å². The molecule has 0 saturated heterocycles. The van der Waals surface area contributed by atoms with Gasteiger partial charge in [0.15, 0.2) is 5.17 Å². The maximum absolute atomic E-state index is 13.2. The fourth-order valence-corrected chi connectivity index (χ4v) is 4.51. The number of carbonyl (C=O) groups is 1. The Kier molecular flexibility index (Phi) is 8.53. The highest BCUT2D eigenvalue weighted by Crippen LogP contribution is 2.30. The number of phenols is 1. The molecule has 0 saturated carbocycles. The predicted molar refractivity (Wildman–Crippen MR) is 144 cm³/mol. The van der Waals surface area contributed by atoms with E-state index in [0.29, 0.717) is 18.3 Å². The third kappa shape index (κ3) is 7.49. The van der Waals surface area contributed by atoms with Crippen LogP contribution in [0.3, 0.4) is 0 Å². The average molecular weight is 535 g/mol. The lowest BCUT2D eigenvalue weighted by atomic mass is 10.1. The minimum absolute atomic E-state index is 0.0595. The lowest BCUT2D eigenvalue weighted by Gasteiger charge is -2.26. The number of carbonyl (C=O) groups excluding carboxylic acids is 1. The van der Waals surface area contributed by atoms with Crippen LogP contribution in [0, 0.1) is 6.92 Å². The predicted octanol–water partition coefficient (Wildman–Crippen LogP) is 7.71. The van der Waals surface area contributed by atoms with Gasteiger partial charge in [0.1, 0.15) is 5.75 Å². The summed E-state index contributed by atoms with van der Waals surface area (Å²) in [5.74, 6) is -0.499. The molecule has 0 aliphatic rings. The minimum atomic E-state index is -4.49. The smallest absolute Gasteiger partial charge is 0.416 e. The van der Waals surface area contributed by atoms with Gasteiger partial charge in [-0.2, -0.15) is 18.2 Å². The fraction of sp³-hybridized carbons (Fsp3) is 0.133. The molecule has 0 fully saturated rings. The molecule has 0 radical (unpaired) electrons. The summed E-state index contributed by atoms with van der Waals surface area (Å²) in [7, 11) is 0. The van der Waals surface area contributed by atoms with Crippen LogP contribution in [0.5, 0.6) is 5.75 Å². The van der Waals surface area contributed by atoms with Crippen molar-refractivity contribution < 1.29 is 23.1 Å². The van der Waals surface area contributed by atoms with Gasteiger partial charge < -0.3 is 10.0 Å². The number of amidine groups is 1. The average Bonchev–Trinajstić information content (AvgIpc) is 2.90. The maximum Gasteiger partial charge on any atom is 0.416 e. The van der Waals surface area contributed by atoms with Crippen LogP contribution in [0.15, 0.2) is 113 Å². The highest BCUT2D eigenvalue weighted by atomic mass is 32.2. The van der Waals surface area contributed by atoms with E-state index in [1.807, 2.05) is 66.4 Å². The standard InChI is InChI=1S/C30H25F3N2O2S/c1-21-7-17-27(18-8-21)38-29(34-28(37)24-11-13-25(14-12-24)30(31,32)33)35(19-22-5-3-2-4-6-22)20-23-9-15-26(36)16-10-23/h2-18,36H,19-20H2,1H3. The molecule has 0 heterocycles. The summed E-state index contributed by atoms with van der Waals surface area (Å²) in [5, 5.41) is 10.1. The Morgan fingerprint density at radius 2 is 1.39 bits per heavy atom. The number of aliphatic imine (C=N–C) groups is 1. The van der Waals surface area contributed by atoms with Crippen LogP contribution < -0.4 is 0 Å². The summed E-state index contributed by atoms with van der Waals surface area (Å²) in [6.45, 7) is 2.79. The third-order valence-electron chi connectivity index (χ3n) is 5.68. The Morgan fingerprint density at radius 3 is 1.97 bits per heavy atom. The van der Waals surface area contributed by atoms with E-state index in [2.05, 4.69) is 4.99 Å². The van der Waals surface area contributed by atoms with Crippen molar-refractivity contribution in [1.29, 1.82) is 0 Å². The minimum Gasteiger partial charge on any atom is -0.508 e. The summed E-state index contributed by atoms with van der Waals surface area (Å²) in [5.41, 5.74) is 2.19. The van der Waals surface area contributed by atoms with Gasteiger partial charge in [-0.05, 0) is 66.6 Å². The molecule has 38 heavy (non-hydrogen) atoms. The summed E-state index contributed by atoms with van der Waals surface area (Å²) >= 11 is 1.30. The highest BCUT2D eigenvalue weighted by molar-refractivity contribution is 8.13. The van der Waals surface area contributed by atoms with E-state index in [0.717, 1.165) is 45.9 Å². The number of phenolic OH excluding ortho intramolecular Hbond substituents is 1. The third-order valence-corrected chi connectivity index (χ3v) is 6.72. The second-order valence-corrected chi connectivity index (χ2v) is 9.74. The van der Waals surface area contributed by atoms with E-state index in [-0.39, 0.29) is 11.3 Å². The number of nitrogens with zero attached hydrogens (tertiary/aromatic N) is 2. The zero-order valence-corrected chi connectivity index (χ0v) is 21.3. The quantitative estimate of drug-likeness (QED) is 0.156. The van der Waals surface area contributed by atoms with Crippen molar-refractivity contribution in [2.45, 2.75) is 31.1 Å². The molecule has 8 heteroatoms. The molecular formula is C30H25F3N2O2S. The van der Waals surface area contributed by atoms with Gasteiger partial charge in [-0.3, -0.25) is 4.79 Å². The van der Waals surface area contributed by atoms with Gasteiger partial charge >= 0.3 is 6.18 Å². The number of thioether (sulfide) groups is 1. The van der Waals surface area contributed by atoms with Crippen LogP contribution >= 0.6 is 11.8 Å². The van der Waals surface area contributed by atoms with Gasteiger partial charge in [-0.15, -0.1) is 0 Å². The first kappa shape index (κ1) is 27.0. The molecule has 0 unspecified atom stereocenters. The number of hydrogen-bond acceptors (Lipinski definition) is 3. The summed E-state index contributed by atoms with van der Waals surface area (Å²) in [6.07, 6.45) is -4.49. The van der Waals surface area contributed by atoms with Crippen LogP contribution in [0.4, 0.5) is 13.2 Å². The summed E-state index contributed by atoms with van der Waals surface area (Å²) in [4.78, 5) is 20.4. The number of aromatic hydroxyl groups is 1. The first-order valence-electron chi connectivity index (χ1n) is 11.8. The Labute approximate surface area is 223 Å². The number of aryl methyl sites for hydroxylation is 1. The summed E-state index contributed by atoms with van der Waals surface area (Å²) in [6, 6.07) is 28.3. The molecule has 4 rings (SSSR count). The number of hydrogen-bond donors (Lipinski definition) is 1. The maximum atomic E-state index is 13.2. The highest BCUT2D eigenvalue weighted by Gasteiger charge is 2.30. The van der Waals surface area contributed by atoms with Crippen LogP contribution in [0.25, 0.3) is 0 Å². The van der Waals surface area contributed by atoms with Crippen LogP contribution in [-0.4, -0.2) is 21.1 Å². The van der Waals surface area contributed by atoms with Crippen molar-refractivity contribution in [2.75, 3.05) is 0 Å². The van der Waals surface area contributed by atoms with E-state index >= 15 is 0 Å². The summed E-state index contributed by atoms with van der Waals surface area (Å²) < 4.78 is 39.0. The second kappa shape index (κ2) is 12.0. The molecule has 0 spiro atoms. The van der Waals surface area contributed by atoms with E-state index in [1.54, 1.807) is 24.3 Å². The second-order valence-electron chi connectivity index (χ2n) is 8.70. The van der Waals surface area contributed by atoms with Crippen LogP contribution in [0.1, 0.15) is 32.6 Å². The van der Waals surface area contributed by atoms with E-state index in [4.69, 9.17) is 0 Å². The normalized spacial score (nSPS) is 11.8. The van der Waals surface area contributed by atoms with Crippen molar-refractivity contribution in [2.24, 2.45) is 4.99 Å². The zero-order valence-electron chi connectivity index (χ0n) is 20.5. The molecule has 0 aliphatic carbocycles. The number of benzene rings is 4. The van der Waals surface area contributed by atoms with Crippen molar-refractivity contribution in [1.82, 2.24) is 4.90 Å². The SMILES string of the molecule is Cc1ccc(SC(=NC(=O)c2ccc(C(F)(F)F)cc2)N(Cc2ccccc2)Cc2ccc(O)cc2)cc1. The molecular weight excluding hydrogens is 509 g/mol. The lowest BCUT2D eigenvalue weighted by molar-refractivity contribution is -0.137. The molecule has 0 atom stereocenters. The molecule has 0 bridgehead atoms. The lowest BCUT2D eigenvalue weighted by Crippen LogP contribution is -2.29. The number of alkyl halides is 3. The molecule has 1 N–H and O–H groups in total. The Morgan fingerprint density at radius 1 is 0.816 bits per heavy atom. The first-order chi connectivity index (χ1) is 18.2. The van der Waals surface area contributed by atoms with Gasteiger partial charge in [-0.25, -0.2) is 0 Å². The van der Waals surface area contributed by atoms with Gasteiger partial charge in [0, 0.05) is 23.5 Å². The molecule has 1 amide bonds. The Hall–Kier alpha value is -4.04. The number of amides is 1. The van der Waals surface area contributed by atoms with E-state index in [1.165, 1.54) is 11.8 Å². The van der Waals surface area contributed by atoms with E-state index in [9.17, 15) is 23.1 Å². The van der Waals surface area contributed by atoms with Crippen LogP contribution in [-0.2, 0) is 19.3 Å². The number of halogens is 3. The Bertz CT molecular complexity index is 1390. The zero-order chi connectivity index (χ0) is 27.1. The van der Waals surface area contributed by atoms with Crippen molar-refractivity contribution in [3.05, 3.63) is 131 Å². The molecule has 0 aromatic heterocycles. The van der Waals surface area contributed by atoms with Crippen LogP contribution in [0.2, 0.25) is 0 Å². The van der Waals surface area contributed by atoms with E-state index < -0.39 is 17.6 Å². The van der Waals surface area contributed by atoms with Gasteiger partial charge in [-0.1, -0.05) is 71.9 Å². The monoisotopic (exact) mass is 534 g/mol.